The Kier molecular flexibility index (Phi) is 5.29. The molecule has 1 aromatic rings. The molecule has 0 spiro atoms. The van der Waals surface area contributed by atoms with Crippen molar-refractivity contribution >= 4 is 16.0 Å². The van der Waals surface area contributed by atoms with Gasteiger partial charge in [0.2, 0.25) is 5.96 Å². The monoisotopic (exact) mass is 368 g/mol. The van der Waals surface area contributed by atoms with Gasteiger partial charge in [0.15, 0.2) is 0 Å². The molecule has 1 saturated carbocycles. The van der Waals surface area contributed by atoms with E-state index in [2.05, 4.69) is 33.8 Å². The minimum absolute atomic E-state index is 0.00978. The normalized spacial score (nSPS) is 28.1. The molecule has 0 unspecified atom stereocenters. The van der Waals surface area contributed by atoms with E-state index in [9.17, 15) is 12.8 Å². The molecule has 0 aromatic heterocycles. The van der Waals surface area contributed by atoms with Crippen LogP contribution in [0.5, 0.6) is 0 Å². The first kappa shape index (κ1) is 18.1. The number of hydrogen-bond acceptors (Lipinski definition) is 5. The van der Waals surface area contributed by atoms with Crippen LogP contribution in [-0.4, -0.2) is 38.7 Å². The Bertz CT molecular complexity index is 736. The highest BCUT2D eigenvalue weighted by Crippen LogP contribution is 2.32. The van der Waals surface area contributed by atoms with Gasteiger partial charge in [-0.2, -0.15) is 0 Å². The van der Waals surface area contributed by atoms with E-state index in [0.29, 0.717) is 31.2 Å². The highest BCUT2D eigenvalue weighted by atomic mass is 32.2. The maximum atomic E-state index is 13.0. The maximum Gasteiger partial charge on any atom is 0.264 e. The average Bonchev–Trinajstić information content (AvgIpc) is 2.58. The summed E-state index contributed by atoms with van der Waals surface area (Å²) in [6, 6.07) is 5.18. The van der Waals surface area contributed by atoms with Crippen LogP contribution in [-0.2, 0) is 10.0 Å². The summed E-state index contributed by atoms with van der Waals surface area (Å²) in [6.07, 6.45) is 3.64. The van der Waals surface area contributed by atoms with Gasteiger partial charge in [-0.15, -0.1) is 0 Å². The van der Waals surface area contributed by atoms with Gasteiger partial charge < -0.3 is 5.32 Å². The molecule has 3 atom stereocenters. The number of sulfonamides is 1. The van der Waals surface area contributed by atoms with Crippen molar-refractivity contribution in [2.45, 2.75) is 44.0 Å². The number of hydrogen-bond donors (Lipinski definition) is 2. The van der Waals surface area contributed by atoms with Gasteiger partial charge >= 0.3 is 0 Å². The number of halogens is 1. The van der Waals surface area contributed by atoms with Crippen LogP contribution in [0, 0.1) is 17.7 Å². The van der Waals surface area contributed by atoms with Crippen LogP contribution in [0.15, 0.2) is 34.2 Å². The van der Waals surface area contributed by atoms with E-state index in [1.165, 1.54) is 25.0 Å². The first-order valence-corrected chi connectivity index (χ1v) is 10.2. The molecule has 1 heterocycles. The maximum absolute atomic E-state index is 13.0. The molecule has 2 N–H and O–H groups in total. The van der Waals surface area contributed by atoms with Gasteiger partial charge in [0.25, 0.3) is 10.0 Å². The van der Waals surface area contributed by atoms with E-state index in [1.807, 2.05) is 0 Å². The van der Waals surface area contributed by atoms with E-state index in [-0.39, 0.29) is 10.9 Å². The molecule has 0 radical (unpaired) electrons. The van der Waals surface area contributed by atoms with Crippen LogP contribution in [0.4, 0.5) is 4.39 Å². The predicted octanol–water partition coefficient (Wildman–Crippen LogP) is 2.10. The van der Waals surface area contributed by atoms with E-state index < -0.39 is 15.8 Å². The standard InChI is InChI=1S/C17H25FN4O2S/c1-12-4-3-5-16(13(12)2)22-10-19-17(20-11-22)21-25(23,24)15-8-6-14(18)7-9-15/h6-9,12-13,16H,3-5,10-11H2,1-2H3,(H2,19,20,21)/t12-,13+,16-/m0/s1. The first-order chi connectivity index (χ1) is 11.9. The number of benzene rings is 1. The zero-order valence-electron chi connectivity index (χ0n) is 14.6. The van der Waals surface area contributed by atoms with Crippen molar-refractivity contribution in [1.29, 1.82) is 0 Å². The van der Waals surface area contributed by atoms with Gasteiger partial charge in [0.1, 0.15) is 5.82 Å². The number of nitrogens with one attached hydrogen (secondary N) is 2. The average molecular weight is 368 g/mol. The first-order valence-electron chi connectivity index (χ1n) is 8.67. The van der Waals surface area contributed by atoms with E-state index in [4.69, 9.17) is 0 Å². The molecule has 8 heteroatoms. The lowest BCUT2D eigenvalue weighted by molar-refractivity contribution is 0.0768. The minimum atomic E-state index is -3.77. The Morgan fingerprint density at radius 2 is 1.96 bits per heavy atom. The number of rotatable bonds is 3. The summed E-state index contributed by atoms with van der Waals surface area (Å²) >= 11 is 0. The largest absolute Gasteiger partial charge is 0.343 e. The topological polar surface area (TPSA) is 73.8 Å². The Morgan fingerprint density at radius 1 is 1.24 bits per heavy atom. The molecular weight excluding hydrogens is 343 g/mol. The van der Waals surface area contributed by atoms with Gasteiger partial charge in [-0.3, -0.25) is 4.90 Å². The molecule has 2 aliphatic rings. The van der Waals surface area contributed by atoms with E-state index in [0.717, 1.165) is 18.6 Å². The summed E-state index contributed by atoms with van der Waals surface area (Å²) in [7, 11) is -3.77. The van der Waals surface area contributed by atoms with Crippen molar-refractivity contribution in [2.75, 3.05) is 13.3 Å². The second-order valence-electron chi connectivity index (χ2n) is 6.97. The van der Waals surface area contributed by atoms with Crippen molar-refractivity contribution in [3.8, 4) is 0 Å². The molecule has 1 aliphatic heterocycles. The van der Waals surface area contributed by atoms with Crippen molar-refractivity contribution in [3.05, 3.63) is 30.1 Å². The lowest BCUT2D eigenvalue weighted by Gasteiger charge is -2.42. The van der Waals surface area contributed by atoms with Crippen LogP contribution in [0.25, 0.3) is 0 Å². The second-order valence-corrected chi connectivity index (χ2v) is 8.65. The lowest BCUT2D eigenvalue weighted by Crippen LogP contribution is -2.55. The summed E-state index contributed by atoms with van der Waals surface area (Å²) in [6.45, 7) is 5.60. The zero-order chi connectivity index (χ0) is 18.0. The molecule has 3 rings (SSSR count). The minimum Gasteiger partial charge on any atom is -0.343 e. The number of nitrogens with zero attached hydrogens (tertiary/aromatic N) is 2. The molecule has 0 saturated heterocycles. The van der Waals surface area contributed by atoms with Crippen LogP contribution >= 0.6 is 0 Å². The highest BCUT2D eigenvalue weighted by molar-refractivity contribution is 7.90. The van der Waals surface area contributed by atoms with E-state index >= 15 is 0 Å². The third-order valence-corrected chi connectivity index (χ3v) is 6.70. The molecule has 138 valence electrons. The fourth-order valence-corrected chi connectivity index (χ4v) is 4.61. The fourth-order valence-electron chi connectivity index (χ4n) is 3.60. The van der Waals surface area contributed by atoms with Gasteiger partial charge in [0.05, 0.1) is 18.2 Å². The zero-order valence-corrected chi connectivity index (χ0v) is 15.4. The molecular formula is C17H25FN4O2S. The Morgan fingerprint density at radius 3 is 2.60 bits per heavy atom. The number of guanidine groups is 1. The van der Waals surface area contributed by atoms with Gasteiger partial charge in [-0.25, -0.2) is 22.5 Å². The van der Waals surface area contributed by atoms with Gasteiger partial charge in [0, 0.05) is 6.04 Å². The van der Waals surface area contributed by atoms with Crippen LogP contribution < -0.4 is 10.0 Å². The summed E-state index contributed by atoms with van der Waals surface area (Å²) in [5.74, 6) is 1.06. The quantitative estimate of drug-likeness (QED) is 0.857. The summed E-state index contributed by atoms with van der Waals surface area (Å²) < 4.78 is 40.0. The van der Waals surface area contributed by atoms with Crippen molar-refractivity contribution in [2.24, 2.45) is 16.8 Å². The van der Waals surface area contributed by atoms with E-state index in [1.54, 1.807) is 0 Å². The number of aliphatic imine (C=N–C) groups is 1. The molecule has 1 fully saturated rings. The predicted molar refractivity (Wildman–Crippen MR) is 94.8 cm³/mol. The summed E-state index contributed by atoms with van der Waals surface area (Å²) in [5.41, 5.74) is 0. The smallest absolute Gasteiger partial charge is 0.264 e. The van der Waals surface area contributed by atoms with Gasteiger partial charge in [-0.1, -0.05) is 26.7 Å². The molecule has 6 nitrogen and oxygen atoms in total. The highest BCUT2D eigenvalue weighted by Gasteiger charge is 2.32. The van der Waals surface area contributed by atoms with Crippen molar-refractivity contribution in [1.82, 2.24) is 14.9 Å². The third-order valence-electron chi connectivity index (χ3n) is 5.35. The SMILES string of the molecule is C[C@@H]1[C@@H](C)CCC[C@@H]1N1CN=C(NS(=O)(=O)c2ccc(F)cc2)NC1. The van der Waals surface area contributed by atoms with Crippen molar-refractivity contribution < 1.29 is 12.8 Å². The lowest BCUT2D eigenvalue weighted by atomic mass is 9.77. The van der Waals surface area contributed by atoms with Crippen LogP contribution in [0.2, 0.25) is 0 Å². The summed E-state index contributed by atoms with van der Waals surface area (Å²) in [4.78, 5) is 6.61. The Balaban J connectivity index is 1.64. The Hall–Kier alpha value is -1.67. The van der Waals surface area contributed by atoms with Crippen LogP contribution in [0.1, 0.15) is 33.1 Å². The second kappa shape index (κ2) is 7.29. The van der Waals surface area contributed by atoms with Crippen LogP contribution in [0.3, 0.4) is 0 Å². The Labute approximate surface area is 148 Å². The summed E-state index contributed by atoms with van der Waals surface area (Å²) in [5, 5.41) is 3.05. The molecule has 1 aliphatic carbocycles. The van der Waals surface area contributed by atoms with Gasteiger partial charge in [-0.05, 0) is 42.5 Å². The van der Waals surface area contributed by atoms with Crippen molar-refractivity contribution in [3.63, 3.8) is 0 Å². The molecule has 1 aromatic carbocycles. The molecule has 0 bridgehead atoms. The molecule has 25 heavy (non-hydrogen) atoms. The fraction of sp³-hybridized carbons (Fsp3) is 0.588. The molecule has 0 amide bonds. The third kappa shape index (κ3) is 4.12.